The number of nitrogens with zero attached hydrogens (tertiary/aromatic N) is 2. The van der Waals surface area contributed by atoms with E-state index in [4.69, 9.17) is 4.74 Å². The Bertz CT molecular complexity index is 659. The lowest BCUT2D eigenvalue weighted by atomic mass is 9.95. The van der Waals surface area contributed by atoms with Gasteiger partial charge in [0.25, 0.3) is 11.1 Å². The third kappa shape index (κ3) is 2.69. The molecular weight excluding hydrogens is 300 g/mol. The lowest BCUT2D eigenvalue weighted by Crippen LogP contribution is -2.42. The van der Waals surface area contributed by atoms with Crippen LogP contribution in [-0.2, 0) is 0 Å². The maximum absolute atomic E-state index is 12.3. The van der Waals surface area contributed by atoms with Crippen molar-refractivity contribution >= 4 is 17.2 Å². The molecule has 2 bridgehead atoms. The summed E-state index contributed by atoms with van der Waals surface area (Å²) in [6, 6.07) is 8.36. The van der Waals surface area contributed by atoms with Crippen molar-refractivity contribution in [2.45, 2.75) is 37.4 Å². The first-order valence-corrected chi connectivity index (χ1v) is 8.27. The van der Waals surface area contributed by atoms with Crippen LogP contribution in [0.1, 0.15) is 29.6 Å². The molecule has 0 aliphatic carbocycles. The Morgan fingerprint density at radius 2 is 2.18 bits per heavy atom. The van der Waals surface area contributed by atoms with E-state index in [2.05, 4.69) is 20.8 Å². The number of rotatable bonds is 4. The summed E-state index contributed by atoms with van der Waals surface area (Å²) in [5, 5.41) is 14.7. The van der Waals surface area contributed by atoms with Gasteiger partial charge in [-0.2, -0.15) is 0 Å². The molecule has 7 heteroatoms. The van der Waals surface area contributed by atoms with Gasteiger partial charge in [-0.1, -0.05) is 16.4 Å². The highest BCUT2D eigenvalue weighted by Gasteiger charge is 2.39. The SMILES string of the molecule is O=C(NC1CC2CCC1N2)c1ccc(Oc2nncs2)cc1. The van der Waals surface area contributed by atoms with Gasteiger partial charge in [-0.3, -0.25) is 4.79 Å². The van der Waals surface area contributed by atoms with Gasteiger partial charge in [-0.25, -0.2) is 0 Å². The molecule has 2 N–H and O–H groups in total. The van der Waals surface area contributed by atoms with Crippen LogP contribution in [0.5, 0.6) is 10.9 Å². The van der Waals surface area contributed by atoms with Crippen molar-refractivity contribution in [3.05, 3.63) is 35.3 Å². The van der Waals surface area contributed by atoms with Crippen LogP contribution in [0.4, 0.5) is 0 Å². The Morgan fingerprint density at radius 1 is 1.32 bits per heavy atom. The van der Waals surface area contributed by atoms with Crippen LogP contribution < -0.4 is 15.4 Å². The third-order valence-corrected chi connectivity index (χ3v) is 4.84. The maximum Gasteiger partial charge on any atom is 0.299 e. The number of fused-ring (bicyclic) bond motifs is 2. The van der Waals surface area contributed by atoms with E-state index in [0.29, 0.717) is 28.6 Å². The number of ether oxygens (including phenoxy) is 1. The first-order valence-electron chi connectivity index (χ1n) is 7.39. The average Bonchev–Trinajstić information content (AvgIpc) is 3.25. The molecule has 0 saturated carbocycles. The summed E-state index contributed by atoms with van der Waals surface area (Å²) in [7, 11) is 0. The number of carbonyl (C=O) groups excluding carboxylic acids is 1. The molecule has 22 heavy (non-hydrogen) atoms. The van der Waals surface area contributed by atoms with Gasteiger partial charge in [0, 0.05) is 23.7 Å². The highest BCUT2D eigenvalue weighted by molar-refractivity contribution is 7.11. The fourth-order valence-electron chi connectivity index (χ4n) is 3.22. The van der Waals surface area contributed by atoms with Gasteiger partial charge in [0.1, 0.15) is 11.3 Å². The topological polar surface area (TPSA) is 76.1 Å². The number of aromatic nitrogens is 2. The molecule has 1 aromatic heterocycles. The summed E-state index contributed by atoms with van der Waals surface area (Å²) in [5.41, 5.74) is 2.26. The van der Waals surface area contributed by atoms with E-state index in [1.807, 2.05) is 0 Å². The Balaban J connectivity index is 1.38. The summed E-state index contributed by atoms with van der Waals surface area (Å²) in [6.07, 6.45) is 3.42. The van der Waals surface area contributed by atoms with Crippen molar-refractivity contribution < 1.29 is 9.53 Å². The van der Waals surface area contributed by atoms with E-state index in [9.17, 15) is 4.79 Å². The van der Waals surface area contributed by atoms with Crippen molar-refractivity contribution in [3.8, 4) is 10.9 Å². The van der Waals surface area contributed by atoms with E-state index in [1.165, 1.54) is 17.8 Å². The summed E-state index contributed by atoms with van der Waals surface area (Å²) in [4.78, 5) is 12.3. The van der Waals surface area contributed by atoms with Gasteiger partial charge in [0.2, 0.25) is 0 Å². The molecule has 4 rings (SSSR count). The smallest absolute Gasteiger partial charge is 0.299 e. The van der Waals surface area contributed by atoms with Gasteiger partial charge in [-0.15, -0.1) is 5.10 Å². The van der Waals surface area contributed by atoms with Crippen LogP contribution in [-0.4, -0.2) is 34.2 Å². The van der Waals surface area contributed by atoms with Gasteiger partial charge in [0.05, 0.1) is 0 Å². The predicted octanol–water partition coefficient (Wildman–Crippen LogP) is 1.95. The monoisotopic (exact) mass is 316 g/mol. The lowest BCUT2D eigenvalue weighted by molar-refractivity contribution is 0.0931. The quantitative estimate of drug-likeness (QED) is 0.902. The minimum Gasteiger partial charge on any atom is -0.430 e. The van der Waals surface area contributed by atoms with Gasteiger partial charge >= 0.3 is 0 Å². The molecule has 1 aromatic carbocycles. The summed E-state index contributed by atoms with van der Waals surface area (Å²) >= 11 is 1.33. The Kier molecular flexibility index (Phi) is 3.51. The summed E-state index contributed by atoms with van der Waals surface area (Å²) < 4.78 is 5.53. The van der Waals surface area contributed by atoms with Gasteiger partial charge in [0.15, 0.2) is 0 Å². The molecule has 3 atom stereocenters. The molecule has 114 valence electrons. The molecule has 2 aromatic rings. The fraction of sp³-hybridized carbons (Fsp3) is 0.400. The summed E-state index contributed by atoms with van der Waals surface area (Å²) in [6.45, 7) is 0. The molecule has 3 unspecified atom stereocenters. The largest absolute Gasteiger partial charge is 0.430 e. The van der Waals surface area contributed by atoms with Gasteiger partial charge < -0.3 is 15.4 Å². The first kappa shape index (κ1) is 13.7. The number of amides is 1. The second-order valence-electron chi connectivity index (χ2n) is 5.69. The summed E-state index contributed by atoms with van der Waals surface area (Å²) in [5.74, 6) is 0.622. The second kappa shape index (κ2) is 5.66. The molecule has 2 saturated heterocycles. The molecule has 0 radical (unpaired) electrons. The Hall–Kier alpha value is -1.99. The van der Waals surface area contributed by atoms with E-state index in [0.717, 1.165) is 12.8 Å². The highest BCUT2D eigenvalue weighted by atomic mass is 32.1. The Labute approximate surface area is 131 Å². The highest BCUT2D eigenvalue weighted by Crippen LogP contribution is 2.28. The molecule has 1 amide bonds. The molecule has 6 nitrogen and oxygen atoms in total. The van der Waals surface area contributed by atoms with Gasteiger partial charge in [-0.05, 0) is 43.5 Å². The lowest BCUT2D eigenvalue weighted by Gasteiger charge is -2.21. The molecule has 3 heterocycles. The number of benzene rings is 1. The van der Waals surface area contributed by atoms with E-state index >= 15 is 0 Å². The molecule has 2 aliphatic heterocycles. The minimum absolute atomic E-state index is 0.0261. The van der Waals surface area contributed by atoms with Crippen LogP contribution in [0.3, 0.4) is 0 Å². The second-order valence-corrected chi connectivity index (χ2v) is 6.49. The van der Waals surface area contributed by atoms with Crippen molar-refractivity contribution in [2.24, 2.45) is 0 Å². The number of nitrogens with one attached hydrogen (secondary N) is 2. The number of hydrogen-bond donors (Lipinski definition) is 2. The maximum atomic E-state index is 12.3. The zero-order chi connectivity index (χ0) is 14.9. The van der Waals surface area contributed by atoms with Crippen molar-refractivity contribution in [3.63, 3.8) is 0 Å². The van der Waals surface area contributed by atoms with Crippen LogP contribution in [0, 0.1) is 0 Å². The van der Waals surface area contributed by atoms with Crippen LogP contribution in [0.2, 0.25) is 0 Å². The van der Waals surface area contributed by atoms with Crippen LogP contribution in [0.15, 0.2) is 29.8 Å². The molecular formula is C15H16N4O2S. The van der Waals surface area contributed by atoms with Crippen molar-refractivity contribution in [1.82, 2.24) is 20.8 Å². The van der Waals surface area contributed by atoms with E-state index in [1.54, 1.807) is 29.8 Å². The zero-order valence-corrected chi connectivity index (χ0v) is 12.7. The number of carbonyl (C=O) groups is 1. The minimum atomic E-state index is -0.0261. The third-order valence-electron chi connectivity index (χ3n) is 4.28. The zero-order valence-electron chi connectivity index (χ0n) is 11.9. The van der Waals surface area contributed by atoms with E-state index in [-0.39, 0.29) is 11.9 Å². The number of hydrogen-bond acceptors (Lipinski definition) is 6. The van der Waals surface area contributed by atoms with Crippen LogP contribution in [0.25, 0.3) is 0 Å². The average molecular weight is 316 g/mol. The molecule has 2 aliphatic rings. The predicted molar refractivity (Wildman–Crippen MR) is 82.2 cm³/mol. The Morgan fingerprint density at radius 3 is 2.82 bits per heavy atom. The standard InChI is InChI=1S/C15H16N4O2S/c20-14(18-13-7-10-3-6-12(13)17-10)9-1-4-11(5-2-9)21-15-19-16-8-22-15/h1-2,4-5,8,10,12-13,17H,3,6-7H2,(H,18,20). The van der Waals surface area contributed by atoms with Crippen LogP contribution >= 0.6 is 11.3 Å². The molecule has 0 spiro atoms. The first-order chi connectivity index (χ1) is 10.8. The van der Waals surface area contributed by atoms with E-state index < -0.39 is 0 Å². The normalized spacial score (nSPS) is 26.1. The van der Waals surface area contributed by atoms with Crippen molar-refractivity contribution in [1.29, 1.82) is 0 Å². The fourth-order valence-corrected chi connectivity index (χ4v) is 3.64. The van der Waals surface area contributed by atoms with Crippen molar-refractivity contribution in [2.75, 3.05) is 0 Å². The molecule has 2 fully saturated rings.